The van der Waals surface area contributed by atoms with Crippen molar-refractivity contribution in [1.82, 2.24) is 0 Å². The van der Waals surface area contributed by atoms with Crippen molar-refractivity contribution >= 4 is 49.8 Å². The molecule has 9 aromatic carbocycles. The summed E-state index contributed by atoms with van der Waals surface area (Å²) in [6.07, 6.45) is 0. The summed E-state index contributed by atoms with van der Waals surface area (Å²) in [6.45, 7) is 0. The number of fused-ring (bicyclic) bond motifs is 5. The van der Waals surface area contributed by atoms with Crippen LogP contribution in [0.25, 0.3) is 77.2 Å². The zero-order valence-corrected chi connectivity index (χ0v) is 28.2. The number of benzene rings is 9. The van der Waals surface area contributed by atoms with Gasteiger partial charge in [-0.2, -0.15) is 0 Å². The third-order valence-corrected chi connectivity index (χ3v) is 9.16. The highest BCUT2D eigenvalue weighted by Gasteiger charge is 2.18. The molecule has 0 fully saturated rings. The average Bonchev–Trinajstić information content (AvgIpc) is 3.77. The lowest BCUT2D eigenvalue weighted by molar-refractivity contribution is 0.673. The van der Waals surface area contributed by atoms with Gasteiger partial charge in [0.25, 0.3) is 0 Å². The lowest BCUT2D eigenvalue weighted by atomic mass is 9.97. The number of nitrogens with zero attached hydrogens (tertiary/aromatic N) is 1. The summed E-state index contributed by atoms with van der Waals surface area (Å²) in [5.41, 5.74) is -0.519. The lowest BCUT2D eigenvalue weighted by Crippen LogP contribution is -2.10. The van der Waals surface area contributed by atoms with Crippen LogP contribution < -0.4 is 4.90 Å². The highest BCUT2D eigenvalue weighted by atomic mass is 16.3. The number of hydrogen-bond donors (Lipinski definition) is 0. The molecule has 0 aliphatic heterocycles. The van der Waals surface area contributed by atoms with Crippen LogP contribution in [-0.2, 0) is 0 Å². The second kappa shape index (κ2) is 13.4. The zero-order chi connectivity index (χ0) is 50.6. The Morgan fingerprint density at radius 3 is 1.67 bits per heavy atom. The summed E-state index contributed by atoms with van der Waals surface area (Å²) in [5, 5.41) is 3.46. The maximum Gasteiger partial charge on any atom is 0.143 e. The van der Waals surface area contributed by atoms with Gasteiger partial charge in [-0.3, -0.25) is 0 Å². The van der Waals surface area contributed by atoms with Crippen LogP contribution in [0.1, 0.15) is 23.3 Å². The molecule has 0 radical (unpaired) electrons. The largest absolute Gasteiger partial charge is 0.455 e. The van der Waals surface area contributed by atoms with Crippen molar-refractivity contribution in [1.29, 1.82) is 0 Å². The molecule has 0 saturated heterocycles. The van der Waals surface area contributed by atoms with Gasteiger partial charge in [-0.05, 0) is 98.3 Å². The fourth-order valence-corrected chi connectivity index (χ4v) is 6.62. The van der Waals surface area contributed by atoms with Gasteiger partial charge in [0.05, 0.1) is 23.3 Å². The lowest BCUT2D eigenvalue weighted by Gasteiger charge is -2.26. The summed E-state index contributed by atoms with van der Waals surface area (Å²) in [4.78, 5) is 1.13. The minimum absolute atomic E-state index is 0.0191. The molecule has 0 unspecified atom stereocenters. The highest BCUT2D eigenvalue weighted by Crippen LogP contribution is 2.42. The molecule has 1 heterocycles. The van der Waals surface area contributed by atoms with E-state index in [1.807, 2.05) is 54.6 Å². The number of furan rings is 1. The topological polar surface area (TPSA) is 16.4 Å². The molecule has 0 amide bonds. The smallest absolute Gasteiger partial charge is 0.143 e. The normalized spacial score (nSPS) is 15.7. The average molecular weight is 707 g/mol. The van der Waals surface area contributed by atoms with Gasteiger partial charge in [0.1, 0.15) is 11.2 Å². The predicted molar refractivity (Wildman–Crippen MR) is 228 cm³/mol. The first-order valence-corrected chi connectivity index (χ1v) is 17.0. The molecule has 10 rings (SSSR count). The van der Waals surface area contributed by atoms with Gasteiger partial charge in [-0.15, -0.1) is 0 Å². The van der Waals surface area contributed by atoms with Gasteiger partial charge in [0.15, 0.2) is 0 Å². The monoisotopic (exact) mass is 706 g/mol. The minimum Gasteiger partial charge on any atom is -0.455 e. The molecule has 0 N–H and O–H groups in total. The van der Waals surface area contributed by atoms with Crippen LogP contribution in [0.5, 0.6) is 0 Å². The van der Waals surface area contributed by atoms with Crippen molar-refractivity contribution in [3.63, 3.8) is 0 Å². The molecule has 0 bridgehead atoms. The van der Waals surface area contributed by atoms with Crippen LogP contribution in [0.2, 0.25) is 0 Å². The highest BCUT2D eigenvalue weighted by molar-refractivity contribution is 6.19. The second-order valence-electron chi connectivity index (χ2n) is 12.4. The third-order valence-electron chi connectivity index (χ3n) is 9.16. The van der Waals surface area contributed by atoms with Gasteiger partial charge in [-0.1, -0.05) is 163 Å². The van der Waals surface area contributed by atoms with Crippen molar-refractivity contribution in [2.45, 2.75) is 0 Å². The Hall–Kier alpha value is -7.16. The molecule has 2 heteroatoms. The Morgan fingerprint density at radius 1 is 0.389 bits per heavy atom. The summed E-state index contributed by atoms with van der Waals surface area (Å²) >= 11 is 0. The molecule has 54 heavy (non-hydrogen) atoms. The maximum atomic E-state index is 9.60. The van der Waals surface area contributed by atoms with Crippen LogP contribution in [-0.4, -0.2) is 0 Å². The summed E-state index contributed by atoms with van der Waals surface area (Å²) < 4.78 is 159. The standard InChI is InChI=1S/C52H35NO/c1-3-11-36(12-4-1)38-21-23-39(24-22-38)41-27-32-45(33-28-41)53(44-30-25-40(26-31-44)37-13-5-2-6-14-37)46-17-9-16-43(35-46)47-19-10-20-50-51(47)49-34-29-42-15-7-8-18-48(42)52(49)54-50/h1-35H/i1D,3D,4D,11D,12D,21D,22D,23D,24D,25D,26D,27D,28D,30D,31D,32D,33D. The summed E-state index contributed by atoms with van der Waals surface area (Å²) in [6, 6.07) is 19.7. The molecule has 10 aromatic rings. The van der Waals surface area contributed by atoms with Crippen LogP contribution in [0.15, 0.2) is 216 Å². The SMILES string of the molecule is [2H]c1c([2H])c([2H])c(-c2c([2H])c([2H])c(-c3c([2H])c([2H])c(N(c4cccc(-c5cccc6oc7c8ccccc8ccc7c56)c4)c4c([2H])c([2H])c(-c5ccccc5)c([2H])c4[2H])c([2H])c3[2H])c([2H])c2[2H])c([2H])c1[2H]. The van der Waals surface area contributed by atoms with Gasteiger partial charge >= 0.3 is 0 Å². The summed E-state index contributed by atoms with van der Waals surface area (Å²) in [7, 11) is 0. The van der Waals surface area contributed by atoms with E-state index in [-0.39, 0.29) is 11.3 Å². The van der Waals surface area contributed by atoms with E-state index in [0.717, 1.165) is 26.4 Å². The fraction of sp³-hybridized carbons (Fsp3) is 0. The van der Waals surface area contributed by atoms with Crippen LogP contribution in [0, 0.1) is 0 Å². The second-order valence-corrected chi connectivity index (χ2v) is 12.4. The number of rotatable bonds is 7. The van der Waals surface area contributed by atoms with E-state index in [2.05, 4.69) is 0 Å². The van der Waals surface area contributed by atoms with Gasteiger partial charge in [-0.25, -0.2) is 0 Å². The van der Waals surface area contributed by atoms with Gasteiger partial charge in [0.2, 0.25) is 0 Å². The summed E-state index contributed by atoms with van der Waals surface area (Å²) in [5.74, 6) is 0. The van der Waals surface area contributed by atoms with Crippen LogP contribution in [0.3, 0.4) is 0 Å². The Balaban J connectivity index is 1.23. The Morgan fingerprint density at radius 2 is 0.963 bits per heavy atom. The molecule has 1 aromatic heterocycles. The van der Waals surface area contributed by atoms with E-state index < -0.39 is 136 Å². The first-order chi connectivity index (χ1) is 33.9. The van der Waals surface area contributed by atoms with E-state index in [4.69, 9.17) is 16.8 Å². The third kappa shape index (κ3) is 5.71. The Labute approximate surface area is 338 Å². The molecule has 2 nitrogen and oxygen atoms in total. The fourth-order valence-electron chi connectivity index (χ4n) is 6.62. The molecule has 254 valence electrons. The predicted octanol–water partition coefficient (Wildman–Crippen LogP) is 14.9. The van der Waals surface area contributed by atoms with Crippen molar-refractivity contribution in [2.75, 3.05) is 4.90 Å². The van der Waals surface area contributed by atoms with E-state index in [9.17, 15) is 11.0 Å². The van der Waals surface area contributed by atoms with E-state index >= 15 is 0 Å². The molecule has 0 saturated carbocycles. The Kier molecular flexibility index (Phi) is 4.61. The molecule has 0 spiro atoms. The maximum absolute atomic E-state index is 9.60. The molecular formula is C52H35NO. The van der Waals surface area contributed by atoms with Crippen molar-refractivity contribution in [2.24, 2.45) is 0 Å². The first-order valence-electron chi connectivity index (χ1n) is 25.5. The Bertz CT molecular complexity index is 3810. The van der Waals surface area contributed by atoms with Crippen LogP contribution in [0.4, 0.5) is 17.1 Å². The zero-order valence-electron chi connectivity index (χ0n) is 45.2. The van der Waals surface area contributed by atoms with Gasteiger partial charge < -0.3 is 9.32 Å². The quantitative estimate of drug-likeness (QED) is 0.164. The number of hydrogen-bond acceptors (Lipinski definition) is 2. The van der Waals surface area contributed by atoms with Gasteiger partial charge in [0, 0.05) is 33.2 Å². The van der Waals surface area contributed by atoms with E-state index in [1.54, 1.807) is 54.6 Å². The van der Waals surface area contributed by atoms with E-state index in [0.29, 0.717) is 27.9 Å². The van der Waals surface area contributed by atoms with Crippen molar-refractivity contribution in [3.8, 4) is 44.5 Å². The van der Waals surface area contributed by atoms with Crippen molar-refractivity contribution < 1.29 is 27.7 Å². The molecule has 0 aliphatic rings. The number of anilines is 3. The molecule has 0 atom stereocenters. The molecule has 0 aliphatic carbocycles. The van der Waals surface area contributed by atoms with E-state index in [1.165, 1.54) is 0 Å². The first kappa shape index (κ1) is 18.6. The van der Waals surface area contributed by atoms with Crippen molar-refractivity contribution in [3.05, 3.63) is 212 Å². The molecular weight excluding hydrogens is 655 g/mol. The van der Waals surface area contributed by atoms with Crippen LogP contribution >= 0.6 is 0 Å². The minimum atomic E-state index is -0.879.